The smallest absolute Gasteiger partial charge is 0.0829 e. The van der Waals surface area contributed by atoms with Gasteiger partial charge in [0.2, 0.25) is 0 Å². The molecule has 0 aliphatic carbocycles. The lowest BCUT2D eigenvalue weighted by atomic mass is 10.0. The van der Waals surface area contributed by atoms with Crippen molar-refractivity contribution in [2.75, 3.05) is 7.05 Å². The molecule has 0 radical (unpaired) electrons. The summed E-state index contributed by atoms with van der Waals surface area (Å²) < 4.78 is 5.30. The Morgan fingerprint density at radius 2 is 2.22 bits per heavy atom. The van der Waals surface area contributed by atoms with Gasteiger partial charge in [-0.15, -0.1) is 16.4 Å². The average Bonchev–Trinajstić information content (AvgIpc) is 2.95. The molecule has 2 aromatic heterocycles. The number of nitrogens with one attached hydrogen (secondary N) is 1. The van der Waals surface area contributed by atoms with Crippen molar-refractivity contribution in [3.8, 4) is 0 Å². The lowest BCUT2D eigenvalue weighted by molar-refractivity contribution is 0.593. The fourth-order valence-electron chi connectivity index (χ4n) is 1.83. The summed E-state index contributed by atoms with van der Waals surface area (Å²) in [4.78, 5) is 2.62. The van der Waals surface area contributed by atoms with Gasteiger partial charge in [0, 0.05) is 21.8 Å². The quantitative estimate of drug-likeness (QED) is 0.890. The van der Waals surface area contributed by atoms with E-state index in [0.29, 0.717) is 5.92 Å². The zero-order valence-electron chi connectivity index (χ0n) is 10.6. The van der Waals surface area contributed by atoms with Crippen molar-refractivity contribution in [3.05, 3.63) is 31.4 Å². The molecule has 0 spiro atoms. The third kappa shape index (κ3) is 2.99. The summed E-state index contributed by atoms with van der Waals surface area (Å²) >= 11 is 6.88. The zero-order chi connectivity index (χ0) is 13.1. The van der Waals surface area contributed by atoms with Crippen molar-refractivity contribution in [2.24, 2.45) is 0 Å². The van der Waals surface area contributed by atoms with E-state index < -0.39 is 0 Å². The Kier molecular flexibility index (Phi) is 4.89. The highest BCUT2D eigenvalue weighted by molar-refractivity contribution is 9.10. The van der Waals surface area contributed by atoms with Crippen LogP contribution in [-0.4, -0.2) is 16.6 Å². The van der Waals surface area contributed by atoms with Crippen molar-refractivity contribution >= 4 is 38.8 Å². The minimum atomic E-state index is 0.289. The third-order valence-corrected chi connectivity index (χ3v) is 5.63. The molecular formula is C12H16BrN3S2. The number of hydrogen-bond donors (Lipinski definition) is 1. The van der Waals surface area contributed by atoms with Crippen LogP contribution in [0.2, 0.25) is 0 Å². The number of aromatic nitrogens is 2. The summed E-state index contributed by atoms with van der Waals surface area (Å²) in [5, 5.41) is 9.75. The van der Waals surface area contributed by atoms with Gasteiger partial charge in [-0.2, -0.15) is 0 Å². The van der Waals surface area contributed by atoms with Crippen molar-refractivity contribution in [1.82, 2.24) is 14.9 Å². The Bertz CT molecular complexity index is 507. The van der Waals surface area contributed by atoms with Crippen LogP contribution in [0.5, 0.6) is 0 Å². The van der Waals surface area contributed by atoms with Crippen LogP contribution >= 0.6 is 38.8 Å². The van der Waals surface area contributed by atoms with E-state index in [1.807, 2.05) is 7.05 Å². The normalized spacial score (nSPS) is 13.2. The minimum absolute atomic E-state index is 0.289. The molecule has 2 rings (SSSR count). The molecule has 1 atom stereocenters. The van der Waals surface area contributed by atoms with Gasteiger partial charge in [0.15, 0.2) is 0 Å². The fourth-order valence-corrected chi connectivity index (χ4v) is 4.31. The van der Waals surface area contributed by atoms with E-state index in [-0.39, 0.29) is 6.04 Å². The first-order chi connectivity index (χ1) is 8.63. The van der Waals surface area contributed by atoms with Crippen LogP contribution in [0.25, 0.3) is 0 Å². The van der Waals surface area contributed by atoms with Crippen LogP contribution in [-0.2, 0) is 6.42 Å². The molecule has 3 nitrogen and oxygen atoms in total. The van der Waals surface area contributed by atoms with Crippen LogP contribution in [0.1, 0.15) is 41.3 Å². The first kappa shape index (κ1) is 14.1. The molecule has 0 fully saturated rings. The monoisotopic (exact) mass is 345 g/mol. The Labute approximate surface area is 124 Å². The predicted molar refractivity (Wildman–Crippen MR) is 81.5 cm³/mol. The first-order valence-corrected chi connectivity index (χ1v) is 8.29. The lowest BCUT2D eigenvalue weighted by Gasteiger charge is -2.16. The molecule has 0 aliphatic rings. The van der Waals surface area contributed by atoms with E-state index in [1.165, 1.54) is 25.8 Å². The van der Waals surface area contributed by atoms with E-state index in [4.69, 9.17) is 0 Å². The van der Waals surface area contributed by atoms with E-state index in [1.54, 1.807) is 11.3 Å². The molecule has 18 heavy (non-hydrogen) atoms. The first-order valence-electron chi connectivity index (χ1n) is 5.84. The van der Waals surface area contributed by atoms with Gasteiger partial charge in [-0.1, -0.05) is 18.3 Å². The number of halogens is 1. The highest BCUT2D eigenvalue weighted by atomic mass is 79.9. The van der Waals surface area contributed by atoms with Crippen molar-refractivity contribution in [1.29, 1.82) is 0 Å². The lowest BCUT2D eigenvalue weighted by Crippen LogP contribution is -2.19. The largest absolute Gasteiger partial charge is 0.312 e. The zero-order valence-corrected chi connectivity index (χ0v) is 13.8. The average molecular weight is 346 g/mol. The maximum Gasteiger partial charge on any atom is 0.0829 e. The highest BCUT2D eigenvalue weighted by Crippen LogP contribution is 2.32. The molecular weight excluding hydrogens is 330 g/mol. The van der Waals surface area contributed by atoms with E-state index in [9.17, 15) is 0 Å². The van der Waals surface area contributed by atoms with E-state index in [2.05, 4.69) is 56.1 Å². The van der Waals surface area contributed by atoms with Crippen molar-refractivity contribution < 1.29 is 0 Å². The number of thiophene rings is 1. The van der Waals surface area contributed by atoms with Crippen LogP contribution in [0.4, 0.5) is 0 Å². The van der Waals surface area contributed by atoms with Gasteiger partial charge in [-0.3, -0.25) is 0 Å². The van der Waals surface area contributed by atoms with Crippen LogP contribution < -0.4 is 5.32 Å². The highest BCUT2D eigenvalue weighted by Gasteiger charge is 2.21. The standard InChI is InChI=1S/C12H16BrN3S2/c1-7(2)11-12(18-16-15-11)9(14-3)6-10-8(13)4-5-17-10/h4-5,7,9,14H,6H2,1-3H3. The summed E-state index contributed by atoms with van der Waals surface area (Å²) in [6, 6.07) is 2.39. The SMILES string of the molecule is CNC(Cc1sccc1Br)c1snnc1C(C)C. The van der Waals surface area contributed by atoms with Gasteiger partial charge < -0.3 is 5.32 Å². The third-order valence-electron chi connectivity index (χ3n) is 2.83. The predicted octanol–water partition coefficient (Wildman–Crippen LogP) is 3.99. The van der Waals surface area contributed by atoms with Gasteiger partial charge in [0.05, 0.1) is 10.6 Å². The van der Waals surface area contributed by atoms with Crippen molar-refractivity contribution in [2.45, 2.75) is 32.2 Å². The maximum atomic E-state index is 4.26. The van der Waals surface area contributed by atoms with Crippen LogP contribution in [0.3, 0.4) is 0 Å². The number of nitrogens with zero attached hydrogens (tertiary/aromatic N) is 2. The van der Waals surface area contributed by atoms with Gasteiger partial charge in [0.1, 0.15) is 0 Å². The summed E-state index contributed by atoms with van der Waals surface area (Å²) in [6.07, 6.45) is 0.971. The summed E-state index contributed by atoms with van der Waals surface area (Å²) in [5.74, 6) is 0.418. The summed E-state index contributed by atoms with van der Waals surface area (Å²) in [5.41, 5.74) is 1.12. The summed E-state index contributed by atoms with van der Waals surface area (Å²) in [6.45, 7) is 4.32. The Morgan fingerprint density at radius 3 is 2.78 bits per heavy atom. The molecule has 1 unspecified atom stereocenters. The Balaban J connectivity index is 2.23. The van der Waals surface area contributed by atoms with Crippen LogP contribution in [0, 0.1) is 0 Å². The second kappa shape index (κ2) is 6.23. The van der Waals surface area contributed by atoms with Crippen LogP contribution in [0.15, 0.2) is 15.9 Å². The topological polar surface area (TPSA) is 37.8 Å². The van der Waals surface area contributed by atoms with Crippen molar-refractivity contribution in [3.63, 3.8) is 0 Å². The maximum absolute atomic E-state index is 4.26. The molecule has 1 N–H and O–H groups in total. The van der Waals surface area contributed by atoms with Gasteiger partial charge in [-0.25, -0.2) is 0 Å². The fraction of sp³-hybridized carbons (Fsp3) is 0.500. The number of hydrogen-bond acceptors (Lipinski definition) is 5. The molecule has 0 amide bonds. The number of likely N-dealkylation sites (N-methyl/N-ethyl adjacent to an activating group) is 1. The summed E-state index contributed by atoms with van der Waals surface area (Å²) in [7, 11) is 2.00. The Hall–Kier alpha value is -0.300. The molecule has 0 bridgehead atoms. The molecule has 2 aromatic rings. The minimum Gasteiger partial charge on any atom is -0.312 e. The molecule has 98 valence electrons. The Morgan fingerprint density at radius 1 is 1.44 bits per heavy atom. The van der Waals surface area contributed by atoms with Gasteiger partial charge in [0.25, 0.3) is 0 Å². The molecule has 0 aromatic carbocycles. The van der Waals surface area contributed by atoms with Gasteiger partial charge in [-0.05, 0) is 51.9 Å². The van der Waals surface area contributed by atoms with E-state index in [0.717, 1.165) is 12.1 Å². The second-order valence-electron chi connectivity index (χ2n) is 4.41. The second-order valence-corrected chi connectivity index (χ2v) is 7.05. The number of rotatable bonds is 5. The van der Waals surface area contributed by atoms with E-state index >= 15 is 0 Å². The molecule has 2 heterocycles. The van der Waals surface area contributed by atoms with Gasteiger partial charge >= 0.3 is 0 Å². The molecule has 0 saturated heterocycles. The molecule has 0 saturated carbocycles. The molecule has 6 heteroatoms. The molecule has 0 aliphatic heterocycles.